The second-order valence-electron chi connectivity index (χ2n) is 7.15. The molecule has 26 heavy (non-hydrogen) atoms. The molecule has 132 valence electrons. The normalized spacial score (nSPS) is 11.8. The van der Waals surface area contributed by atoms with Crippen molar-refractivity contribution in [1.82, 2.24) is 29.9 Å². The average molecular weight is 365 g/mol. The molecule has 0 aliphatic carbocycles. The minimum Gasteiger partial charge on any atom is -0.315 e. The number of nitrogens with one attached hydrogen (secondary N) is 1. The Bertz CT molecular complexity index is 1070. The highest BCUT2D eigenvalue weighted by Gasteiger charge is 2.19. The van der Waals surface area contributed by atoms with E-state index < -0.39 is 0 Å². The van der Waals surface area contributed by atoms with E-state index in [-0.39, 0.29) is 5.41 Å². The zero-order valence-corrected chi connectivity index (χ0v) is 15.9. The van der Waals surface area contributed by atoms with Gasteiger partial charge >= 0.3 is 0 Å². The number of fused-ring (bicyclic) bond motifs is 1. The monoisotopic (exact) mass is 365 g/mol. The summed E-state index contributed by atoms with van der Waals surface area (Å²) in [4.78, 5) is 9.17. The number of aromatic nitrogens is 6. The first-order chi connectivity index (χ1) is 12.4. The highest BCUT2D eigenvalue weighted by atomic mass is 32.1. The smallest absolute Gasteiger partial charge is 0.211 e. The Balaban J connectivity index is 1.65. The van der Waals surface area contributed by atoms with E-state index in [0.29, 0.717) is 0 Å². The van der Waals surface area contributed by atoms with Crippen molar-refractivity contribution in [2.24, 2.45) is 7.05 Å². The summed E-state index contributed by atoms with van der Waals surface area (Å²) in [5.74, 6) is 0.722. The van der Waals surface area contributed by atoms with Crippen molar-refractivity contribution in [1.29, 1.82) is 0 Å². The quantitative estimate of drug-likeness (QED) is 0.592. The third-order valence-electron chi connectivity index (χ3n) is 3.88. The Morgan fingerprint density at radius 3 is 2.58 bits per heavy atom. The molecular formula is C18H19N7S. The van der Waals surface area contributed by atoms with Crippen molar-refractivity contribution in [3.05, 3.63) is 41.8 Å². The number of hydrogen-bond donors (Lipinski definition) is 1. The van der Waals surface area contributed by atoms with Gasteiger partial charge < -0.3 is 5.32 Å². The first-order valence-electron chi connectivity index (χ1n) is 8.25. The number of nitrogens with zero attached hydrogens (tertiary/aromatic N) is 6. The van der Waals surface area contributed by atoms with Gasteiger partial charge in [-0.1, -0.05) is 32.1 Å². The highest BCUT2D eigenvalue weighted by Crippen LogP contribution is 2.29. The first kappa shape index (κ1) is 16.6. The summed E-state index contributed by atoms with van der Waals surface area (Å²) in [7, 11) is 1.89. The standard InChI is InChI=1S/C18H19N7S/c1-18(2,3)16-23-24-17(26-16)22-15-6-5-13-14(21-15)7-11(8-19-13)12-9-20-25(4)10-12/h5-10H,1-4H3,(H,21,22,24). The molecule has 0 saturated carbocycles. The average Bonchev–Trinajstić information content (AvgIpc) is 3.23. The van der Waals surface area contributed by atoms with Gasteiger partial charge in [-0.05, 0) is 18.2 Å². The Hall–Kier alpha value is -2.87. The molecule has 0 aliphatic rings. The van der Waals surface area contributed by atoms with Gasteiger partial charge in [0.25, 0.3) is 0 Å². The molecule has 0 fully saturated rings. The van der Waals surface area contributed by atoms with Crippen LogP contribution in [-0.4, -0.2) is 29.9 Å². The van der Waals surface area contributed by atoms with Crippen LogP contribution in [0.1, 0.15) is 25.8 Å². The van der Waals surface area contributed by atoms with E-state index in [1.165, 1.54) is 0 Å². The third-order valence-corrected chi connectivity index (χ3v) is 5.14. The van der Waals surface area contributed by atoms with Crippen molar-refractivity contribution in [3.8, 4) is 11.1 Å². The molecule has 0 aromatic carbocycles. The topological polar surface area (TPSA) is 81.4 Å². The van der Waals surface area contributed by atoms with E-state index in [2.05, 4.69) is 51.4 Å². The lowest BCUT2D eigenvalue weighted by Crippen LogP contribution is -2.10. The molecule has 0 atom stereocenters. The molecule has 0 bridgehead atoms. The minimum atomic E-state index is -0.0169. The molecule has 4 rings (SSSR count). The minimum absolute atomic E-state index is 0.0169. The lowest BCUT2D eigenvalue weighted by Gasteiger charge is -2.12. The first-order valence-corrected chi connectivity index (χ1v) is 9.07. The van der Waals surface area contributed by atoms with Crippen LogP contribution >= 0.6 is 11.3 Å². The van der Waals surface area contributed by atoms with Gasteiger partial charge in [-0.15, -0.1) is 10.2 Å². The molecule has 4 heterocycles. The van der Waals surface area contributed by atoms with Gasteiger partial charge in [0, 0.05) is 36.0 Å². The predicted molar refractivity (Wildman–Crippen MR) is 104 cm³/mol. The van der Waals surface area contributed by atoms with Gasteiger partial charge in [-0.3, -0.25) is 9.67 Å². The van der Waals surface area contributed by atoms with Gasteiger partial charge in [-0.25, -0.2) is 4.98 Å². The lowest BCUT2D eigenvalue weighted by molar-refractivity contribution is 0.578. The van der Waals surface area contributed by atoms with Crippen molar-refractivity contribution in [2.45, 2.75) is 26.2 Å². The lowest BCUT2D eigenvalue weighted by atomic mass is 9.98. The largest absolute Gasteiger partial charge is 0.315 e. The molecule has 0 saturated heterocycles. The molecule has 8 heteroatoms. The molecular weight excluding hydrogens is 346 g/mol. The molecule has 0 aliphatic heterocycles. The third kappa shape index (κ3) is 3.28. The van der Waals surface area contributed by atoms with Gasteiger partial charge in [-0.2, -0.15) is 5.10 Å². The van der Waals surface area contributed by atoms with Crippen LogP contribution in [0.4, 0.5) is 10.9 Å². The maximum atomic E-state index is 4.67. The maximum Gasteiger partial charge on any atom is 0.211 e. The Kier molecular flexibility index (Phi) is 3.91. The maximum absolute atomic E-state index is 4.67. The van der Waals surface area contributed by atoms with Crippen LogP contribution in [0.25, 0.3) is 22.2 Å². The van der Waals surface area contributed by atoms with E-state index in [1.807, 2.05) is 43.8 Å². The van der Waals surface area contributed by atoms with Crippen LogP contribution in [0.15, 0.2) is 36.8 Å². The summed E-state index contributed by atoms with van der Waals surface area (Å²) >= 11 is 1.54. The summed E-state index contributed by atoms with van der Waals surface area (Å²) in [6.07, 6.45) is 5.62. The molecule has 1 N–H and O–H groups in total. The van der Waals surface area contributed by atoms with Crippen LogP contribution in [0.5, 0.6) is 0 Å². The van der Waals surface area contributed by atoms with E-state index in [9.17, 15) is 0 Å². The Morgan fingerprint density at radius 2 is 1.88 bits per heavy atom. The Morgan fingerprint density at radius 1 is 1.04 bits per heavy atom. The fourth-order valence-electron chi connectivity index (χ4n) is 2.49. The summed E-state index contributed by atoms with van der Waals surface area (Å²) in [6.45, 7) is 6.37. The van der Waals surface area contributed by atoms with E-state index in [0.717, 1.165) is 38.1 Å². The van der Waals surface area contributed by atoms with Gasteiger partial charge in [0.1, 0.15) is 10.8 Å². The second-order valence-corrected chi connectivity index (χ2v) is 8.13. The van der Waals surface area contributed by atoms with Gasteiger partial charge in [0.15, 0.2) is 0 Å². The molecule has 0 spiro atoms. The van der Waals surface area contributed by atoms with E-state index >= 15 is 0 Å². The summed E-state index contributed by atoms with van der Waals surface area (Å²) < 4.78 is 1.77. The van der Waals surface area contributed by atoms with Gasteiger partial charge in [0.05, 0.1) is 17.2 Å². The SMILES string of the molecule is Cn1cc(-c2cnc3ccc(Nc4nnc(C(C)(C)C)s4)nc3c2)cn1. The van der Waals surface area contributed by atoms with Crippen LogP contribution < -0.4 is 5.32 Å². The fraction of sp³-hybridized carbons (Fsp3) is 0.278. The van der Waals surface area contributed by atoms with Crippen molar-refractivity contribution in [3.63, 3.8) is 0 Å². The van der Waals surface area contributed by atoms with Crippen LogP contribution in [0.3, 0.4) is 0 Å². The number of pyridine rings is 2. The van der Waals surface area contributed by atoms with E-state index in [4.69, 9.17) is 0 Å². The molecule has 0 radical (unpaired) electrons. The number of hydrogen-bond acceptors (Lipinski definition) is 7. The second kappa shape index (κ2) is 6.14. The summed E-state index contributed by atoms with van der Waals surface area (Å²) in [5, 5.41) is 17.6. The van der Waals surface area contributed by atoms with Crippen molar-refractivity contribution < 1.29 is 0 Å². The number of aryl methyl sites for hydroxylation is 1. The van der Waals surface area contributed by atoms with Crippen molar-refractivity contribution >= 4 is 33.3 Å². The molecule has 0 unspecified atom stereocenters. The zero-order valence-electron chi connectivity index (χ0n) is 15.1. The zero-order chi connectivity index (χ0) is 18.3. The number of anilines is 2. The molecule has 4 aromatic rings. The van der Waals surface area contributed by atoms with Crippen molar-refractivity contribution in [2.75, 3.05) is 5.32 Å². The number of rotatable bonds is 3. The van der Waals surface area contributed by atoms with Crippen LogP contribution in [0.2, 0.25) is 0 Å². The fourth-order valence-corrected chi connectivity index (χ4v) is 3.30. The van der Waals surface area contributed by atoms with Gasteiger partial charge in [0.2, 0.25) is 5.13 Å². The molecule has 4 aromatic heterocycles. The van der Waals surface area contributed by atoms with Crippen LogP contribution in [-0.2, 0) is 12.5 Å². The van der Waals surface area contributed by atoms with Crippen LogP contribution in [0, 0.1) is 0 Å². The highest BCUT2D eigenvalue weighted by molar-refractivity contribution is 7.15. The summed E-state index contributed by atoms with van der Waals surface area (Å²) in [5.41, 5.74) is 3.65. The predicted octanol–water partition coefficient (Wildman–Crippen LogP) is 3.92. The van der Waals surface area contributed by atoms with E-state index in [1.54, 1.807) is 16.0 Å². The summed E-state index contributed by atoms with van der Waals surface area (Å²) in [6, 6.07) is 5.87. The molecule has 0 amide bonds. The Labute approximate surface area is 155 Å². The molecule has 7 nitrogen and oxygen atoms in total.